The van der Waals surface area contributed by atoms with Crippen molar-refractivity contribution in [1.82, 2.24) is 4.90 Å². The van der Waals surface area contributed by atoms with E-state index in [4.69, 9.17) is 11.6 Å². The van der Waals surface area contributed by atoms with Gasteiger partial charge in [0.05, 0.1) is 11.6 Å². The van der Waals surface area contributed by atoms with Gasteiger partial charge in [0.15, 0.2) is 0 Å². The van der Waals surface area contributed by atoms with Crippen molar-refractivity contribution in [3.05, 3.63) is 59.1 Å². The van der Waals surface area contributed by atoms with Gasteiger partial charge in [-0.25, -0.2) is 8.78 Å². The predicted molar refractivity (Wildman–Crippen MR) is 104 cm³/mol. The lowest BCUT2D eigenvalue weighted by Crippen LogP contribution is -2.41. The lowest BCUT2D eigenvalue weighted by Gasteiger charge is -2.30. The highest BCUT2D eigenvalue weighted by Crippen LogP contribution is 2.22. The molecule has 1 saturated heterocycles. The summed E-state index contributed by atoms with van der Waals surface area (Å²) in [6.45, 7) is 1.43. The monoisotopic (exact) mass is 407 g/mol. The number of halogens is 3. The number of carbonyl (C=O) groups is 2. The van der Waals surface area contributed by atoms with Crippen LogP contribution in [0, 0.1) is 17.6 Å². The van der Waals surface area contributed by atoms with Crippen molar-refractivity contribution >= 4 is 34.8 Å². The van der Waals surface area contributed by atoms with Crippen molar-refractivity contribution in [2.24, 2.45) is 5.92 Å². The number of piperidine rings is 1. The topological polar surface area (TPSA) is 61.4 Å². The van der Waals surface area contributed by atoms with Gasteiger partial charge in [-0.1, -0.05) is 11.6 Å². The minimum absolute atomic E-state index is 0.0419. The zero-order valence-corrected chi connectivity index (χ0v) is 15.8. The minimum Gasteiger partial charge on any atom is -0.326 e. The molecule has 0 aliphatic carbocycles. The molecule has 0 unspecified atom stereocenters. The van der Waals surface area contributed by atoms with Gasteiger partial charge in [0.2, 0.25) is 11.8 Å². The normalized spacial score (nSPS) is 15.2. The third kappa shape index (κ3) is 5.50. The van der Waals surface area contributed by atoms with Gasteiger partial charge in [0, 0.05) is 17.3 Å². The highest BCUT2D eigenvalue weighted by atomic mass is 35.5. The van der Waals surface area contributed by atoms with Gasteiger partial charge in [-0.2, -0.15) is 0 Å². The Kier molecular flexibility index (Phi) is 6.59. The van der Waals surface area contributed by atoms with E-state index in [1.54, 1.807) is 0 Å². The highest BCUT2D eigenvalue weighted by Gasteiger charge is 2.26. The third-order valence-corrected chi connectivity index (χ3v) is 4.93. The Balaban J connectivity index is 1.44. The molecule has 0 atom stereocenters. The molecule has 2 aromatic carbocycles. The molecule has 0 radical (unpaired) electrons. The molecule has 3 rings (SSSR count). The van der Waals surface area contributed by atoms with E-state index in [-0.39, 0.29) is 35.1 Å². The largest absolute Gasteiger partial charge is 0.326 e. The Morgan fingerprint density at radius 2 is 1.64 bits per heavy atom. The molecule has 8 heteroatoms. The van der Waals surface area contributed by atoms with Crippen LogP contribution in [0.1, 0.15) is 12.8 Å². The van der Waals surface area contributed by atoms with Crippen molar-refractivity contribution < 1.29 is 18.4 Å². The van der Waals surface area contributed by atoms with Crippen LogP contribution in [0.3, 0.4) is 0 Å². The lowest BCUT2D eigenvalue weighted by atomic mass is 9.96. The Bertz CT molecular complexity index is 853. The van der Waals surface area contributed by atoms with E-state index in [0.29, 0.717) is 37.3 Å². The first-order valence-electron chi connectivity index (χ1n) is 8.94. The van der Waals surface area contributed by atoms with E-state index in [0.717, 1.165) is 0 Å². The van der Waals surface area contributed by atoms with Gasteiger partial charge >= 0.3 is 0 Å². The summed E-state index contributed by atoms with van der Waals surface area (Å²) in [5.41, 5.74) is 0.996. The zero-order valence-electron chi connectivity index (χ0n) is 15.1. The minimum atomic E-state index is -0.535. The van der Waals surface area contributed by atoms with E-state index in [1.165, 1.54) is 42.5 Å². The molecular weight excluding hydrogens is 388 g/mol. The number of amides is 2. The highest BCUT2D eigenvalue weighted by molar-refractivity contribution is 6.31. The Hall–Kier alpha value is -2.51. The summed E-state index contributed by atoms with van der Waals surface area (Å²) < 4.78 is 26.1. The maximum absolute atomic E-state index is 13.2. The number of nitrogens with zero attached hydrogens (tertiary/aromatic N) is 1. The number of rotatable bonds is 5. The van der Waals surface area contributed by atoms with E-state index >= 15 is 0 Å². The fourth-order valence-corrected chi connectivity index (χ4v) is 3.29. The van der Waals surface area contributed by atoms with Gasteiger partial charge in [-0.3, -0.25) is 14.5 Å². The number of anilines is 2. The first kappa shape index (κ1) is 20.2. The molecule has 1 heterocycles. The van der Waals surface area contributed by atoms with Crippen LogP contribution in [0.15, 0.2) is 42.5 Å². The Morgan fingerprint density at radius 1 is 1.00 bits per heavy atom. The van der Waals surface area contributed by atoms with Crippen LogP contribution in [-0.2, 0) is 9.59 Å². The Morgan fingerprint density at radius 3 is 2.29 bits per heavy atom. The average Bonchev–Trinajstić information content (AvgIpc) is 2.67. The molecule has 0 spiro atoms. The molecule has 5 nitrogen and oxygen atoms in total. The molecule has 1 aliphatic rings. The van der Waals surface area contributed by atoms with E-state index < -0.39 is 5.82 Å². The van der Waals surface area contributed by atoms with Crippen molar-refractivity contribution in [3.8, 4) is 0 Å². The van der Waals surface area contributed by atoms with Crippen LogP contribution in [0.5, 0.6) is 0 Å². The van der Waals surface area contributed by atoms with Crippen LogP contribution >= 0.6 is 11.6 Å². The number of benzene rings is 2. The van der Waals surface area contributed by atoms with E-state index in [2.05, 4.69) is 10.6 Å². The SMILES string of the molecule is O=C(CN1CCC(C(=O)Nc2ccc(F)c(Cl)c2)CC1)Nc1ccc(F)cc1. The lowest BCUT2D eigenvalue weighted by molar-refractivity contribution is -0.121. The van der Waals surface area contributed by atoms with Crippen LogP contribution < -0.4 is 10.6 Å². The van der Waals surface area contributed by atoms with Gasteiger partial charge in [-0.15, -0.1) is 0 Å². The quantitative estimate of drug-likeness (QED) is 0.790. The fourth-order valence-electron chi connectivity index (χ4n) is 3.11. The van der Waals surface area contributed by atoms with Crippen LogP contribution in [0.4, 0.5) is 20.2 Å². The maximum atomic E-state index is 13.2. The molecule has 2 N–H and O–H groups in total. The maximum Gasteiger partial charge on any atom is 0.238 e. The predicted octanol–water partition coefficient (Wildman–Crippen LogP) is 3.91. The summed E-state index contributed by atoms with van der Waals surface area (Å²) >= 11 is 5.73. The van der Waals surface area contributed by atoms with Crippen molar-refractivity contribution in [2.75, 3.05) is 30.3 Å². The molecule has 148 valence electrons. The van der Waals surface area contributed by atoms with Gasteiger partial charge in [-0.05, 0) is 68.4 Å². The van der Waals surface area contributed by atoms with Crippen LogP contribution in [0.25, 0.3) is 0 Å². The van der Waals surface area contributed by atoms with Crippen molar-refractivity contribution in [1.29, 1.82) is 0 Å². The van der Waals surface area contributed by atoms with Crippen LogP contribution in [-0.4, -0.2) is 36.3 Å². The standard InChI is InChI=1S/C20H20ClF2N3O2/c21-17-11-16(5-6-18(17)23)25-20(28)13-7-9-26(10-8-13)12-19(27)24-15-3-1-14(22)2-4-15/h1-6,11,13H,7-10,12H2,(H,24,27)(H,25,28). The van der Waals surface area contributed by atoms with Crippen molar-refractivity contribution in [3.63, 3.8) is 0 Å². The van der Waals surface area contributed by atoms with Gasteiger partial charge in [0.25, 0.3) is 0 Å². The second-order valence-corrected chi connectivity index (χ2v) is 7.13. The van der Waals surface area contributed by atoms with E-state index in [1.807, 2.05) is 4.90 Å². The number of hydrogen-bond donors (Lipinski definition) is 2. The molecule has 0 saturated carbocycles. The molecule has 2 aromatic rings. The molecule has 0 bridgehead atoms. The summed E-state index contributed by atoms with van der Waals surface area (Å²) in [5, 5.41) is 5.44. The molecule has 1 fully saturated rings. The van der Waals surface area contributed by atoms with E-state index in [9.17, 15) is 18.4 Å². The average molecular weight is 408 g/mol. The first-order chi connectivity index (χ1) is 13.4. The van der Waals surface area contributed by atoms with Crippen molar-refractivity contribution in [2.45, 2.75) is 12.8 Å². The number of likely N-dealkylation sites (tertiary alicyclic amines) is 1. The summed E-state index contributed by atoms with van der Waals surface area (Å²) in [6.07, 6.45) is 1.23. The van der Waals surface area contributed by atoms with Gasteiger partial charge < -0.3 is 10.6 Å². The first-order valence-corrected chi connectivity index (χ1v) is 9.32. The van der Waals surface area contributed by atoms with Gasteiger partial charge in [0.1, 0.15) is 11.6 Å². The zero-order chi connectivity index (χ0) is 20.1. The molecule has 28 heavy (non-hydrogen) atoms. The summed E-state index contributed by atoms with van der Waals surface area (Å²) in [4.78, 5) is 26.5. The smallest absolute Gasteiger partial charge is 0.238 e. The summed E-state index contributed by atoms with van der Waals surface area (Å²) in [5.74, 6) is -1.40. The molecule has 1 aliphatic heterocycles. The second-order valence-electron chi connectivity index (χ2n) is 6.72. The number of nitrogens with one attached hydrogen (secondary N) is 2. The molecule has 2 amide bonds. The van der Waals surface area contributed by atoms with Crippen LogP contribution in [0.2, 0.25) is 5.02 Å². The third-order valence-electron chi connectivity index (χ3n) is 4.64. The number of carbonyl (C=O) groups excluding carboxylic acids is 2. The molecular formula is C20H20ClF2N3O2. The Labute approximate surface area is 166 Å². The second kappa shape index (κ2) is 9.12. The molecule has 0 aromatic heterocycles. The summed E-state index contributed by atoms with van der Waals surface area (Å²) in [6, 6.07) is 9.64. The fraction of sp³-hybridized carbons (Fsp3) is 0.300. The number of hydrogen-bond acceptors (Lipinski definition) is 3. The summed E-state index contributed by atoms with van der Waals surface area (Å²) in [7, 11) is 0.